The van der Waals surface area contributed by atoms with Crippen LogP contribution in [0.25, 0.3) is 0 Å². The van der Waals surface area contributed by atoms with Crippen molar-refractivity contribution in [2.45, 2.75) is 38.0 Å². The monoisotopic (exact) mass is 398 g/mol. The van der Waals surface area contributed by atoms with Crippen LogP contribution in [-0.2, 0) is 22.7 Å². The Hall–Kier alpha value is -2.29. The van der Waals surface area contributed by atoms with E-state index in [9.17, 15) is 19.5 Å². The maximum absolute atomic E-state index is 13.0. The Bertz CT molecular complexity index is 872. The molecule has 0 spiro atoms. The van der Waals surface area contributed by atoms with Crippen molar-refractivity contribution in [3.05, 3.63) is 34.9 Å². The predicted octanol–water partition coefficient (Wildman–Crippen LogP) is -0.540. The van der Waals surface area contributed by atoms with Crippen LogP contribution in [-0.4, -0.2) is 71.0 Å². The number of rotatable bonds is 4. The van der Waals surface area contributed by atoms with Crippen LogP contribution in [0.3, 0.4) is 0 Å². The van der Waals surface area contributed by atoms with Gasteiger partial charge in [0, 0.05) is 44.2 Å². The van der Waals surface area contributed by atoms with Crippen molar-refractivity contribution >= 4 is 17.7 Å². The van der Waals surface area contributed by atoms with Gasteiger partial charge in [-0.3, -0.25) is 24.6 Å². The number of nitrogens with zero attached hydrogens (tertiary/aromatic N) is 2. The summed E-state index contributed by atoms with van der Waals surface area (Å²) in [5.74, 6) is 0.258. The fourth-order valence-electron chi connectivity index (χ4n) is 5.48. The number of piperidine rings is 1. The number of amides is 3. The molecule has 4 heterocycles. The Morgan fingerprint density at radius 3 is 2.83 bits per heavy atom. The number of imide groups is 1. The molecule has 4 unspecified atom stereocenters. The number of benzene rings is 1. The lowest BCUT2D eigenvalue weighted by molar-refractivity contribution is -0.136. The third kappa shape index (κ3) is 3.15. The average Bonchev–Trinajstić information content (AvgIpc) is 3.36. The van der Waals surface area contributed by atoms with Crippen LogP contribution in [0.2, 0.25) is 0 Å². The largest absolute Gasteiger partial charge is 0.395 e. The molecule has 3 fully saturated rings. The molecule has 1 aromatic rings. The van der Waals surface area contributed by atoms with Crippen LogP contribution >= 0.6 is 0 Å². The summed E-state index contributed by atoms with van der Waals surface area (Å²) in [7, 11) is 0. The van der Waals surface area contributed by atoms with Crippen molar-refractivity contribution < 1.29 is 19.5 Å². The van der Waals surface area contributed by atoms with Crippen LogP contribution in [0.5, 0.6) is 0 Å². The molecule has 0 aliphatic carbocycles. The number of hydrogen-bond donors (Lipinski definition) is 3. The van der Waals surface area contributed by atoms with Crippen LogP contribution in [0.1, 0.15) is 34.3 Å². The van der Waals surface area contributed by atoms with Crippen molar-refractivity contribution in [1.29, 1.82) is 0 Å². The fourth-order valence-corrected chi connectivity index (χ4v) is 5.48. The van der Waals surface area contributed by atoms with E-state index >= 15 is 0 Å². The number of carbonyl (C=O) groups excluding carboxylic acids is 3. The van der Waals surface area contributed by atoms with E-state index in [1.165, 1.54) is 0 Å². The molecule has 0 aromatic heterocycles. The Morgan fingerprint density at radius 2 is 2.03 bits per heavy atom. The van der Waals surface area contributed by atoms with Gasteiger partial charge >= 0.3 is 0 Å². The molecule has 4 aliphatic heterocycles. The van der Waals surface area contributed by atoms with Crippen molar-refractivity contribution in [2.24, 2.45) is 11.8 Å². The normalized spacial score (nSPS) is 31.9. The quantitative estimate of drug-likeness (QED) is 0.589. The van der Waals surface area contributed by atoms with Gasteiger partial charge < -0.3 is 15.3 Å². The van der Waals surface area contributed by atoms with Crippen molar-refractivity contribution in [3.63, 3.8) is 0 Å². The van der Waals surface area contributed by atoms with Crippen molar-refractivity contribution in [1.82, 2.24) is 20.4 Å². The molecule has 8 nitrogen and oxygen atoms in total. The third-order valence-corrected chi connectivity index (χ3v) is 7.00. The maximum atomic E-state index is 13.0. The van der Waals surface area contributed by atoms with Gasteiger partial charge in [-0.2, -0.15) is 0 Å². The van der Waals surface area contributed by atoms with Crippen molar-refractivity contribution in [2.75, 3.05) is 26.2 Å². The molecule has 4 aliphatic rings. The minimum atomic E-state index is -0.581. The summed E-state index contributed by atoms with van der Waals surface area (Å²) >= 11 is 0. The van der Waals surface area contributed by atoms with Gasteiger partial charge in [0.05, 0.1) is 6.61 Å². The molecule has 0 radical (unpaired) electrons. The molecule has 3 amide bonds. The van der Waals surface area contributed by atoms with Crippen LogP contribution < -0.4 is 10.6 Å². The molecule has 154 valence electrons. The topological polar surface area (TPSA) is 102 Å². The second kappa shape index (κ2) is 7.19. The van der Waals surface area contributed by atoms with Gasteiger partial charge in [-0.05, 0) is 42.0 Å². The number of aliphatic hydroxyl groups is 1. The molecule has 29 heavy (non-hydrogen) atoms. The number of likely N-dealkylation sites (tertiary alicyclic amines) is 1. The molecule has 4 atom stereocenters. The van der Waals surface area contributed by atoms with Gasteiger partial charge in [-0.25, -0.2) is 0 Å². The molecule has 3 N–H and O–H groups in total. The summed E-state index contributed by atoms with van der Waals surface area (Å²) in [6.45, 7) is 4.23. The summed E-state index contributed by atoms with van der Waals surface area (Å²) in [5, 5.41) is 15.3. The lowest BCUT2D eigenvalue weighted by Gasteiger charge is -2.29. The summed E-state index contributed by atoms with van der Waals surface area (Å²) in [5.41, 5.74) is 2.79. The zero-order valence-electron chi connectivity index (χ0n) is 16.3. The predicted molar refractivity (Wildman–Crippen MR) is 104 cm³/mol. The van der Waals surface area contributed by atoms with E-state index in [0.29, 0.717) is 30.4 Å². The minimum Gasteiger partial charge on any atom is -0.395 e. The second-order valence-electron chi connectivity index (χ2n) is 8.66. The molecule has 1 aromatic carbocycles. The zero-order chi connectivity index (χ0) is 20.1. The highest BCUT2D eigenvalue weighted by atomic mass is 16.3. The number of fused-ring (bicyclic) bond motifs is 2. The van der Waals surface area contributed by atoms with Crippen LogP contribution in [0.4, 0.5) is 0 Å². The first kappa shape index (κ1) is 18.7. The number of nitrogens with one attached hydrogen (secondary N) is 2. The standard InChI is InChI=1S/C21H26N4O4/c26-11-17-16-9-24(8-13(16)6-22-17)7-12-2-1-3-14-15(12)10-25(21(14)29)18-4-5-19(27)23-20(18)28/h1-3,13,16-18,22,26H,4-11H2,(H,23,27,28). The van der Waals surface area contributed by atoms with Gasteiger partial charge in [0.2, 0.25) is 11.8 Å². The molecule has 0 saturated carbocycles. The van der Waals surface area contributed by atoms with E-state index in [0.717, 1.165) is 37.3 Å². The highest BCUT2D eigenvalue weighted by Gasteiger charge is 2.43. The first-order valence-corrected chi connectivity index (χ1v) is 10.4. The molecular weight excluding hydrogens is 372 g/mol. The summed E-state index contributed by atoms with van der Waals surface area (Å²) in [4.78, 5) is 40.7. The smallest absolute Gasteiger partial charge is 0.255 e. The Kier molecular flexibility index (Phi) is 4.64. The highest BCUT2D eigenvalue weighted by Crippen LogP contribution is 2.34. The number of carbonyl (C=O) groups is 3. The zero-order valence-corrected chi connectivity index (χ0v) is 16.3. The number of aliphatic hydroxyl groups excluding tert-OH is 1. The van der Waals surface area contributed by atoms with E-state index < -0.39 is 6.04 Å². The Labute approximate surface area is 169 Å². The first-order chi connectivity index (χ1) is 14.0. The van der Waals surface area contributed by atoms with Gasteiger partial charge in [-0.15, -0.1) is 0 Å². The maximum Gasteiger partial charge on any atom is 0.255 e. The Morgan fingerprint density at radius 1 is 1.17 bits per heavy atom. The molecule has 0 bridgehead atoms. The molecule has 8 heteroatoms. The average molecular weight is 398 g/mol. The Balaban J connectivity index is 1.32. The second-order valence-corrected chi connectivity index (χ2v) is 8.66. The van der Waals surface area contributed by atoms with Gasteiger partial charge in [0.25, 0.3) is 5.91 Å². The minimum absolute atomic E-state index is 0.126. The lowest BCUT2D eigenvalue weighted by Crippen LogP contribution is -2.52. The fraction of sp³-hybridized carbons (Fsp3) is 0.571. The van der Waals surface area contributed by atoms with Crippen LogP contribution in [0.15, 0.2) is 18.2 Å². The van der Waals surface area contributed by atoms with Crippen LogP contribution in [0, 0.1) is 11.8 Å². The van der Waals surface area contributed by atoms with E-state index in [2.05, 4.69) is 21.6 Å². The molecule has 5 rings (SSSR count). The van der Waals surface area contributed by atoms with Gasteiger partial charge in [0.1, 0.15) is 6.04 Å². The van der Waals surface area contributed by atoms with Crippen molar-refractivity contribution in [3.8, 4) is 0 Å². The van der Waals surface area contributed by atoms with E-state index in [1.807, 2.05) is 12.1 Å². The van der Waals surface area contributed by atoms with Gasteiger partial charge in [-0.1, -0.05) is 12.1 Å². The summed E-state index contributed by atoms with van der Waals surface area (Å²) < 4.78 is 0. The molecular formula is C21H26N4O4. The van der Waals surface area contributed by atoms with E-state index in [1.54, 1.807) is 4.90 Å². The number of hydrogen-bond acceptors (Lipinski definition) is 6. The third-order valence-electron chi connectivity index (χ3n) is 7.00. The van der Waals surface area contributed by atoms with E-state index in [-0.39, 0.29) is 36.8 Å². The first-order valence-electron chi connectivity index (χ1n) is 10.4. The molecule has 3 saturated heterocycles. The SMILES string of the molecule is O=C1CCC(N2Cc3c(CN4CC5CNC(CO)C5C4)cccc3C2=O)C(=O)N1. The lowest BCUT2D eigenvalue weighted by atomic mass is 9.95. The summed E-state index contributed by atoms with van der Waals surface area (Å²) in [6, 6.07) is 5.40. The summed E-state index contributed by atoms with van der Waals surface area (Å²) in [6.07, 6.45) is 0.644. The van der Waals surface area contributed by atoms with E-state index in [4.69, 9.17) is 0 Å². The highest BCUT2D eigenvalue weighted by molar-refractivity contribution is 6.05. The van der Waals surface area contributed by atoms with Gasteiger partial charge in [0.15, 0.2) is 0 Å².